The summed E-state index contributed by atoms with van der Waals surface area (Å²) in [5.74, 6) is 5.37. The molecule has 1 fully saturated rings. The van der Waals surface area contributed by atoms with Crippen LogP contribution in [0.5, 0.6) is 0 Å². The summed E-state index contributed by atoms with van der Waals surface area (Å²) in [5.41, 5.74) is 18.6. The smallest absolute Gasteiger partial charge is 0.310 e. The lowest BCUT2D eigenvalue weighted by molar-refractivity contribution is -0.147. The van der Waals surface area contributed by atoms with Crippen LogP contribution < -0.4 is 27.6 Å². The summed E-state index contributed by atoms with van der Waals surface area (Å²) in [6.07, 6.45) is 10.2. The number of carbonyl (C=O) groups is 1. The van der Waals surface area contributed by atoms with Crippen LogP contribution in [0.3, 0.4) is 0 Å². The molecule has 38 heavy (non-hydrogen) atoms. The van der Waals surface area contributed by atoms with E-state index in [2.05, 4.69) is 24.4 Å². The maximum Gasteiger partial charge on any atom is 0.310 e. The predicted molar refractivity (Wildman–Crippen MR) is 158 cm³/mol. The van der Waals surface area contributed by atoms with Gasteiger partial charge in [-0.1, -0.05) is 49.9 Å². The molecule has 0 bridgehead atoms. The Labute approximate surface area is 228 Å². The van der Waals surface area contributed by atoms with Gasteiger partial charge in [0.15, 0.2) is 0 Å². The number of hydrogen-bond donors (Lipinski definition) is 5. The Morgan fingerprint density at radius 1 is 1.16 bits per heavy atom. The van der Waals surface area contributed by atoms with Gasteiger partial charge in [0.25, 0.3) is 0 Å². The van der Waals surface area contributed by atoms with Crippen LogP contribution in [0.15, 0.2) is 42.2 Å². The van der Waals surface area contributed by atoms with Crippen molar-refractivity contribution in [2.45, 2.75) is 78.6 Å². The second-order valence-corrected chi connectivity index (χ2v) is 11.6. The molecular formula is C31H47N5O2. The highest BCUT2D eigenvalue weighted by molar-refractivity contribution is 5.78. The fraction of sp³-hybridized carbons (Fsp3) is 0.516. The maximum absolute atomic E-state index is 12.5. The Kier molecular flexibility index (Phi) is 9.71. The second-order valence-electron chi connectivity index (χ2n) is 11.6. The van der Waals surface area contributed by atoms with Gasteiger partial charge in [-0.15, -0.1) is 0 Å². The van der Waals surface area contributed by atoms with E-state index in [4.69, 9.17) is 17.3 Å². The summed E-state index contributed by atoms with van der Waals surface area (Å²) in [5, 5.41) is 15.4. The Hall–Kier alpha value is -3.19. The normalized spacial score (nSPS) is 16.1. The van der Waals surface area contributed by atoms with Crippen LogP contribution in [0.4, 0.5) is 11.4 Å². The van der Waals surface area contributed by atoms with Crippen LogP contribution in [-0.2, 0) is 11.2 Å². The molecule has 2 aromatic rings. The Bertz CT molecular complexity index is 1150. The molecule has 3 rings (SSSR count). The van der Waals surface area contributed by atoms with Crippen molar-refractivity contribution in [2.24, 2.45) is 22.9 Å². The lowest BCUT2D eigenvalue weighted by atomic mass is 9.69. The standard InChI is InChI=1S/C31H47N5O2/c1-20-12-13-23(16-24(20)17-25(18-32)35-19-22-10-8-6-7-9-11-22)28(31(3,4)30(37)38)26-14-15-27(36(5)34)29(33)21(26)2/h12-16,18,22,28,35H,6-11,17,19,32-34H2,1-5H3,(H,37,38)/b25-18-. The van der Waals surface area contributed by atoms with E-state index in [1.807, 2.05) is 25.1 Å². The molecule has 0 radical (unpaired) electrons. The van der Waals surface area contributed by atoms with Crippen molar-refractivity contribution in [3.05, 3.63) is 70.0 Å². The first-order valence-corrected chi connectivity index (χ1v) is 13.8. The van der Waals surface area contributed by atoms with E-state index in [-0.39, 0.29) is 0 Å². The molecule has 1 aliphatic carbocycles. The van der Waals surface area contributed by atoms with E-state index >= 15 is 0 Å². The molecule has 1 aliphatic rings. The van der Waals surface area contributed by atoms with E-state index in [0.717, 1.165) is 40.1 Å². The Morgan fingerprint density at radius 3 is 2.39 bits per heavy atom. The van der Waals surface area contributed by atoms with Gasteiger partial charge in [0, 0.05) is 37.8 Å². The summed E-state index contributed by atoms with van der Waals surface area (Å²) in [4.78, 5) is 12.5. The summed E-state index contributed by atoms with van der Waals surface area (Å²) in [7, 11) is 1.74. The minimum absolute atomic E-state index is 0.414. The third-order valence-electron chi connectivity index (χ3n) is 8.38. The van der Waals surface area contributed by atoms with E-state index in [9.17, 15) is 9.90 Å². The van der Waals surface area contributed by atoms with Crippen LogP contribution in [0.1, 0.15) is 86.1 Å². The molecule has 1 unspecified atom stereocenters. The van der Waals surface area contributed by atoms with Gasteiger partial charge in [-0.2, -0.15) is 0 Å². The van der Waals surface area contributed by atoms with E-state index < -0.39 is 17.3 Å². The second kappa shape index (κ2) is 12.6. The first-order chi connectivity index (χ1) is 18.0. The third kappa shape index (κ3) is 6.62. The highest BCUT2D eigenvalue weighted by Gasteiger charge is 2.40. The van der Waals surface area contributed by atoms with E-state index in [1.54, 1.807) is 27.1 Å². The number of hydrazine groups is 1. The molecule has 8 N–H and O–H groups in total. The molecule has 0 spiro atoms. The zero-order chi connectivity index (χ0) is 28.0. The minimum atomic E-state index is -1.08. The molecule has 0 aliphatic heterocycles. The van der Waals surface area contributed by atoms with Crippen LogP contribution in [0.25, 0.3) is 0 Å². The number of allylic oxidation sites excluding steroid dienone is 1. The molecular weight excluding hydrogens is 474 g/mol. The maximum atomic E-state index is 12.5. The monoisotopic (exact) mass is 521 g/mol. The summed E-state index contributed by atoms with van der Waals surface area (Å²) in [6.45, 7) is 8.52. The minimum Gasteiger partial charge on any atom is -0.481 e. The van der Waals surface area contributed by atoms with Gasteiger partial charge in [0.2, 0.25) is 0 Å². The van der Waals surface area contributed by atoms with Crippen molar-refractivity contribution in [1.29, 1.82) is 0 Å². The van der Waals surface area contributed by atoms with Gasteiger partial charge in [0.05, 0.1) is 16.8 Å². The van der Waals surface area contributed by atoms with Crippen molar-refractivity contribution < 1.29 is 9.90 Å². The topological polar surface area (TPSA) is 131 Å². The number of nitrogens with two attached hydrogens (primary N) is 3. The molecule has 7 nitrogen and oxygen atoms in total. The Morgan fingerprint density at radius 2 is 1.82 bits per heavy atom. The first-order valence-electron chi connectivity index (χ1n) is 13.8. The zero-order valence-corrected chi connectivity index (χ0v) is 23.8. The largest absolute Gasteiger partial charge is 0.481 e. The van der Waals surface area contributed by atoms with Crippen molar-refractivity contribution in [3.8, 4) is 0 Å². The highest BCUT2D eigenvalue weighted by atomic mass is 16.4. The number of anilines is 2. The van der Waals surface area contributed by atoms with Gasteiger partial charge in [0.1, 0.15) is 0 Å². The number of rotatable bonds is 10. The molecule has 2 aromatic carbocycles. The van der Waals surface area contributed by atoms with Crippen molar-refractivity contribution >= 4 is 17.3 Å². The summed E-state index contributed by atoms with van der Waals surface area (Å²) < 4.78 is 0. The fourth-order valence-corrected chi connectivity index (χ4v) is 5.75. The molecule has 1 atom stereocenters. The van der Waals surface area contributed by atoms with Gasteiger partial charge in [-0.25, -0.2) is 5.84 Å². The number of benzene rings is 2. The average Bonchev–Trinajstić information content (AvgIpc) is 3.14. The van der Waals surface area contributed by atoms with Crippen molar-refractivity contribution in [2.75, 3.05) is 24.3 Å². The first kappa shape index (κ1) is 29.4. The SMILES string of the molecule is Cc1ccc(C(c2ccc(N(C)N)c(N)c2C)C(C)(C)C(=O)O)cc1C/C(=C/N)NCC1CCCCCC1. The summed E-state index contributed by atoms with van der Waals surface area (Å²) in [6, 6.07) is 10.1. The van der Waals surface area contributed by atoms with Gasteiger partial charge in [-0.3, -0.25) is 4.79 Å². The van der Waals surface area contributed by atoms with Crippen LogP contribution in [0, 0.1) is 25.2 Å². The predicted octanol–water partition coefficient (Wildman–Crippen LogP) is 5.34. The van der Waals surface area contributed by atoms with Crippen molar-refractivity contribution in [1.82, 2.24) is 5.32 Å². The van der Waals surface area contributed by atoms with Crippen LogP contribution in [0.2, 0.25) is 0 Å². The van der Waals surface area contributed by atoms with Gasteiger partial charge < -0.3 is 26.9 Å². The molecule has 0 amide bonds. The molecule has 7 heteroatoms. The van der Waals surface area contributed by atoms with E-state index in [0.29, 0.717) is 23.7 Å². The number of nitrogens with one attached hydrogen (secondary N) is 1. The lowest BCUT2D eigenvalue weighted by Gasteiger charge is -2.34. The van der Waals surface area contributed by atoms with Crippen LogP contribution >= 0.6 is 0 Å². The number of aryl methyl sites for hydroxylation is 1. The number of carboxylic acids is 1. The van der Waals surface area contributed by atoms with Gasteiger partial charge in [-0.05, 0) is 80.3 Å². The van der Waals surface area contributed by atoms with Crippen molar-refractivity contribution in [3.63, 3.8) is 0 Å². The molecule has 0 aromatic heterocycles. The number of carboxylic acid groups (broad SMARTS) is 1. The third-order valence-corrected chi connectivity index (χ3v) is 8.38. The molecule has 0 heterocycles. The number of hydrogen-bond acceptors (Lipinski definition) is 6. The van der Waals surface area contributed by atoms with Gasteiger partial charge >= 0.3 is 5.97 Å². The number of aliphatic carboxylic acids is 1. The summed E-state index contributed by atoms with van der Waals surface area (Å²) >= 11 is 0. The highest BCUT2D eigenvalue weighted by Crippen LogP contribution is 2.45. The van der Waals surface area contributed by atoms with Crippen LogP contribution in [-0.4, -0.2) is 24.7 Å². The Balaban J connectivity index is 1.96. The molecule has 208 valence electrons. The lowest BCUT2D eigenvalue weighted by Crippen LogP contribution is -2.33. The quantitative estimate of drug-likeness (QED) is 0.123. The molecule has 1 saturated carbocycles. The number of nitrogen functional groups attached to an aromatic ring is 1. The zero-order valence-electron chi connectivity index (χ0n) is 23.8. The molecule has 0 saturated heterocycles. The van der Waals surface area contributed by atoms with E-state index in [1.165, 1.54) is 43.5 Å². The number of nitrogens with zero attached hydrogens (tertiary/aromatic N) is 1. The average molecular weight is 522 g/mol. The fourth-order valence-electron chi connectivity index (χ4n) is 5.75.